The summed E-state index contributed by atoms with van der Waals surface area (Å²) in [6.45, 7) is 0. The normalized spacial score (nSPS) is 11.1. The average Bonchev–Trinajstić information content (AvgIpc) is 2.63. The Hall–Kier alpha value is -1.81. The standard InChI is InChI=1S/C13H8BrNO2/c14-8-5-6-12-10(7-8)9-3-1-2-4-11(9)15(12)13(16)17/h1-7H,(H,16,17). The molecule has 1 heterocycles. The number of fused-ring (bicyclic) bond motifs is 3. The molecule has 2 aromatic carbocycles. The fraction of sp³-hybridized carbons (Fsp3) is 0. The van der Waals surface area contributed by atoms with Crippen molar-refractivity contribution in [2.24, 2.45) is 0 Å². The molecule has 3 rings (SSSR count). The average molecular weight is 290 g/mol. The van der Waals surface area contributed by atoms with Crippen LogP contribution >= 0.6 is 15.9 Å². The molecule has 0 radical (unpaired) electrons. The van der Waals surface area contributed by atoms with Gasteiger partial charge in [-0.05, 0) is 24.3 Å². The molecule has 17 heavy (non-hydrogen) atoms. The molecule has 0 atom stereocenters. The molecule has 0 aliphatic rings. The molecule has 0 spiro atoms. The molecule has 1 aromatic heterocycles. The molecule has 4 heteroatoms. The first-order valence-corrected chi connectivity index (χ1v) is 5.90. The third kappa shape index (κ3) is 1.45. The second-order valence-corrected chi connectivity index (χ2v) is 4.71. The topological polar surface area (TPSA) is 42.2 Å². The number of aromatic nitrogens is 1. The second-order valence-electron chi connectivity index (χ2n) is 3.80. The summed E-state index contributed by atoms with van der Waals surface area (Å²) >= 11 is 3.41. The van der Waals surface area contributed by atoms with Crippen molar-refractivity contribution in [2.45, 2.75) is 0 Å². The van der Waals surface area contributed by atoms with Gasteiger partial charge in [0.05, 0.1) is 11.0 Å². The summed E-state index contributed by atoms with van der Waals surface area (Å²) in [5, 5.41) is 11.2. The first kappa shape index (κ1) is 10.4. The second kappa shape index (κ2) is 3.60. The first-order valence-electron chi connectivity index (χ1n) is 5.10. The molecular weight excluding hydrogens is 282 g/mol. The van der Waals surface area contributed by atoms with Crippen molar-refractivity contribution in [2.75, 3.05) is 0 Å². The highest BCUT2D eigenvalue weighted by Gasteiger charge is 2.14. The molecule has 0 bridgehead atoms. The molecule has 0 unspecified atom stereocenters. The van der Waals surface area contributed by atoms with E-state index in [1.54, 1.807) is 0 Å². The van der Waals surface area contributed by atoms with E-state index in [1.165, 1.54) is 4.57 Å². The van der Waals surface area contributed by atoms with Gasteiger partial charge in [0.15, 0.2) is 0 Å². The van der Waals surface area contributed by atoms with E-state index in [9.17, 15) is 9.90 Å². The smallest absolute Gasteiger partial charge is 0.416 e. The van der Waals surface area contributed by atoms with Crippen LogP contribution in [0.1, 0.15) is 0 Å². The van der Waals surface area contributed by atoms with Crippen molar-refractivity contribution in [3.63, 3.8) is 0 Å². The maximum Gasteiger partial charge on any atom is 0.416 e. The van der Waals surface area contributed by atoms with E-state index in [0.717, 1.165) is 15.2 Å². The SMILES string of the molecule is O=C(O)n1c2ccccc2c2cc(Br)ccc21. The Balaban J connectivity index is 2.62. The van der Waals surface area contributed by atoms with Crippen molar-refractivity contribution in [3.05, 3.63) is 46.9 Å². The number of halogens is 1. The van der Waals surface area contributed by atoms with E-state index < -0.39 is 6.09 Å². The van der Waals surface area contributed by atoms with Crippen LogP contribution in [-0.2, 0) is 0 Å². The fourth-order valence-electron chi connectivity index (χ4n) is 2.15. The van der Waals surface area contributed by atoms with Crippen LogP contribution in [0.2, 0.25) is 0 Å². The zero-order valence-corrected chi connectivity index (χ0v) is 10.3. The lowest BCUT2D eigenvalue weighted by Gasteiger charge is -1.99. The zero-order chi connectivity index (χ0) is 12.0. The van der Waals surface area contributed by atoms with Crippen LogP contribution in [0.5, 0.6) is 0 Å². The van der Waals surface area contributed by atoms with Gasteiger partial charge in [-0.1, -0.05) is 34.1 Å². The van der Waals surface area contributed by atoms with Crippen molar-refractivity contribution < 1.29 is 9.90 Å². The molecule has 0 amide bonds. The Kier molecular flexibility index (Phi) is 2.19. The highest BCUT2D eigenvalue weighted by Crippen LogP contribution is 2.30. The summed E-state index contributed by atoms with van der Waals surface area (Å²) < 4.78 is 2.26. The Bertz CT molecular complexity index is 746. The summed E-state index contributed by atoms with van der Waals surface area (Å²) in [5.41, 5.74) is 1.43. The van der Waals surface area contributed by atoms with E-state index in [2.05, 4.69) is 15.9 Å². The summed E-state index contributed by atoms with van der Waals surface area (Å²) in [6, 6.07) is 13.1. The molecule has 3 nitrogen and oxygen atoms in total. The largest absolute Gasteiger partial charge is 0.464 e. The molecule has 0 aliphatic heterocycles. The number of rotatable bonds is 0. The van der Waals surface area contributed by atoms with Crippen LogP contribution in [-0.4, -0.2) is 15.8 Å². The van der Waals surface area contributed by atoms with Gasteiger partial charge in [0.1, 0.15) is 0 Å². The van der Waals surface area contributed by atoms with Gasteiger partial charge in [-0.25, -0.2) is 9.36 Å². The van der Waals surface area contributed by atoms with Gasteiger partial charge in [-0.15, -0.1) is 0 Å². The highest BCUT2D eigenvalue weighted by molar-refractivity contribution is 9.10. The van der Waals surface area contributed by atoms with E-state index in [4.69, 9.17) is 0 Å². The van der Waals surface area contributed by atoms with Gasteiger partial charge in [-0.2, -0.15) is 0 Å². The Morgan fingerprint density at radius 1 is 1.06 bits per heavy atom. The molecule has 0 saturated heterocycles. The van der Waals surface area contributed by atoms with Gasteiger partial charge in [0.2, 0.25) is 0 Å². The lowest BCUT2D eigenvalue weighted by molar-refractivity contribution is 0.198. The minimum atomic E-state index is -0.960. The lowest BCUT2D eigenvalue weighted by atomic mass is 10.2. The number of para-hydroxylation sites is 1. The van der Waals surface area contributed by atoms with Crippen LogP contribution < -0.4 is 0 Å². The number of nitrogens with zero attached hydrogens (tertiary/aromatic N) is 1. The van der Waals surface area contributed by atoms with Crippen molar-refractivity contribution in [1.82, 2.24) is 4.57 Å². The molecule has 0 fully saturated rings. The van der Waals surface area contributed by atoms with Crippen LogP contribution in [0.4, 0.5) is 4.79 Å². The monoisotopic (exact) mass is 289 g/mol. The van der Waals surface area contributed by atoms with Gasteiger partial charge >= 0.3 is 6.09 Å². The fourth-order valence-corrected chi connectivity index (χ4v) is 2.51. The Morgan fingerprint density at radius 2 is 1.76 bits per heavy atom. The number of benzene rings is 2. The van der Waals surface area contributed by atoms with Crippen molar-refractivity contribution in [1.29, 1.82) is 0 Å². The van der Waals surface area contributed by atoms with Crippen LogP contribution in [0, 0.1) is 0 Å². The Morgan fingerprint density at radius 3 is 2.53 bits per heavy atom. The predicted octanol–water partition coefficient (Wildman–Crippen LogP) is 4.08. The minimum Gasteiger partial charge on any atom is -0.464 e. The number of carboxylic acid groups (broad SMARTS) is 1. The maximum absolute atomic E-state index is 11.3. The summed E-state index contributed by atoms with van der Waals surface area (Å²) in [6.07, 6.45) is -0.960. The molecule has 1 N–H and O–H groups in total. The summed E-state index contributed by atoms with van der Waals surface area (Å²) in [7, 11) is 0. The molecule has 0 saturated carbocycles. The number of carbonyl (C=O) groups is 1. The summed E-state index contributed by atoms with van der Waals surface area (Å²) in [4.78, 5) is 11.3. The maximum atomic E-state index is 11.3. The van der Waals surface area contributed by atoms with Gasteiger partial charge in [-0.3, -0.25) is 0 Å². The molecular formula is C13H8BrNO2. The quantitative estimate of drug-likeness (QED) is 0.677. The van der Waals surface area contributed by atoms with E-state index in [0.29, 0.717) is 11.0 Å². The van der Waals surface area contributed by atoms with E-state index >= 15 is 0 Å². The van der Waals surface area contributed by atoms with Crippen molar-refractivity contribution >= 4 is 43.8 Å². The molecule has 3 aromatic rings. The van der Waals surface area contributed by atoms with Gasteiger partial charge < -0.3 is 5.11 Å². The van der Waals surface area contributed by atoms with Crippen molar-refractivity contribution in [3.8, 4) is 0 Å². The first-order chi connectivity index (χ1) is 8.18. The van der Waals surface area contributed by atoms with Crippen LogP contribution in [0.3, 0.4) is 0 Å². The minimum absolute atomic E-state index is 0.710. The van der Waals surface area contributed by atoms with E-state index in [-0.39, 0.29) is 0 Å². The Labute approximate surface area is 105 Å². The highest BCUT2D eigenvalue weighted by atomic mass is 79.9. The molecule has 84 valence electrons. The van der Waals surface area contributed by atoms with Crippen LogP contribution in [0.15, 0.2) is 46.9 Å². The lowest BCUT2D eigenvalue weighted by Crippen LogP contribution is -2.06. The predicted molar refractivity (Wildman–Crippen MR) is 70.6 cm³/mol. The van der Waals surface area contributed by atoms with Gasteiger partial charge in [0, 0.05) is 15.2 Å². The van der Waals surface area contributed by atoms with Crippen LogP contribution in [0.25, 0.3) is 21.8 Å². The third-order valence-corrected chi connectivity index (χ3v) is 3.32. The number of hydrogen-bond acceptors (Lipinski definition) is 1. The third-order valence-electron chi connectivity index (χ3n) is 2.83. The zero-order valence-electron chi connectivity index (χ0n) is 8.72. The number of hydrogen-bond donors (Lipinski definition) is 1. The van der Waals surface area contributed by atoms with Gasteiger partial charge in [0.25, 0.3) is 0 Å². The molecule has 0 aliphatic carbocycles. The van der Waals surface area contributed by atoms with E-state index in [1.807, 2.05) is 42.5 Å². The summed E-state index contributed by atoms with van der Waals surface area (Å²) in [5.74, 6) is 0.